The van der Waals surface area contributed by atoms with Crippen LogP contribution in [0.15, 0.2) is 15.9 Å². The lowest BCUT2D eigenvalue weighted by molar-refractivity contribution is -0.145. The van der Waals surface area contributed by atoms with Gasteiger partial charge in [0.15, 0.2) is 23.0 Å². The molecule has 0 aliphatic carbocycles. The summed E-state index contributed by atoms with van der Waals surface area (Å²) in [7, 11) is 0. The molecule has 132 valence electrons. The van der Waals surface area contributed by atoms with Crippen molar-refractivity contribution in [1.82, 2.24) is 19.1 Å². The second-order valence-electron chi connectivity index (χ2n) is 5.69. The van der Waals surface area contributed by atoms with Crippen LogP contribution in [0.1, 0.15) is 27.7 Å². The molecule has 0 saturated heterocycles. The molecule has 2 aromatic rings. The van der Waals surface area contributed by atoms with Gasteiger partial charge in [-0.15, -0.1) is 0 Å². The molecule has 2 rings (SSSR count). The number of nitrogens with one attached hydrogen (secondary N) is 1. The van der Waals surface area contributed by atoms with Crippen LogP contribution in [-0.4, -0.2) is 42.2 Å². The number of fused-ring (bicyclic) bond motifs is 1. The molecule has 0 saturated carbocycles. The topological polar surface area (TPSA) is 141 Å². The number of rotatable bonds is 6. The zero-order chi connectivity index (χ0) is 19.1. The Bertz CT molecular complexity index is 1000. The van der Waals surface area contributed by atoms with Crippen LogP contribution in [0, 0.1) is 0 Å². The van der Waals surface area contributed by atoms with E-state index in [1.807, 2.05) is 0 Å². The zero-order valence-corrected chi connectivity index (χ0v) is 14.1. The number of carbonyl (C=O) groups excluding carboxylic acids is 4. The Balaban J connectivity index is 3.14. The van der Waals surface area contributed by atoms with Crippen molar-refractivity contribution in [2.45, 2.75) is 39.8 Å². The maximum Gasteiger partial charge on any atom is 0.334 e. The summed E-state index contributed by atoms with van der Waals surface area (Å²) in [5.41, 5.74) is -5.08. The smallest absolute Gasteiger partial charge is 0.334 e. The summed E-state index contributed by atoms with van der Waals surface area (Å²) in [6.45, 7) is 3.61. The normalized spacial score (nSPS) is 11.5. The summed E-state index contributed by atoms with van der Waals surface area (Å²) in [6.07, 6.45) is 1.13. The summed E-state index contributed by atoms with van der Waals surface area (Å²) in [6, 6.07) is 0. The molecule has 0 fully saturated rings. The predicted octanol–water partition coefficient (Wildman–Crippen LogP) is -1.06. The highest BCUT2D eigenvalue weighted by molar-refractivity contribution is 6.25. The summed E-state index contributed by atoms with van der Waals surface area (Å²) >= 11 is 0. The van der Waals surface area contributed by atoms with Gasteiger partial charge in [0.2, 0.25) is 5.54 Å². The molecule has 0 bridgehead atoms. The highest BCUT2D eigenvalue weighted by Crippen LogP contribution is 2.19. The van der Waals surface area contributed by atoms with E-state index in [-0.39, 0.29) is 11.2 Å². The molecular weight excluding hydrogens is 332 g/mol. The first-order valence-electron chi connectivity index (χ1n) is 7.28. The van der Waals surface area contributed by atoms with Gasteiger partial charge in [-0.05, 0) is 27.7 Å². The Labute approximate surface area is 140 Å². The summed E-state index contributed by atoms with van der Waals surface area (Å²) in [4.78, 5) is 80.1. The number of H-pyrrole nitrogens is 1. The van der Waals surface area contributed by atoms with Gasteiger partial charge in [-0.25, -0.2) is 14.3 Å². The Hall–Kier alpha value is -3.17. The van der Waals surface area contributed by atoms with E-state index in [4.69, 9.17) is 0 Å². The minimum absolute atomic E-state index is 0.106. The average molecular weight is 348 g/mol. The number of nitrogens with zero attached hydrogens (tertiary/aromatic N) is 3. The third kappa shape index (κ3) is 2.46. The second-order valence-corrected chi connectivity index (χ2v) is 5.69. The van der Waals surface area contributed by atoms with E-state index < -0.39 is 46.5 Å². The quantitative estimate of drug-likeness (QED) is 0.656. The Morgan fingerprint density at radius 1 is 1.04 bits per heavy atom. The van der Waals surface area contributed by atoms with Crippen molar-refractivity contribution in [3.63, 3.8) is 0 Å². The Morgan fingerprint density at radius 3 is 2.00 bits per heavy atom. The fraction of sp³-hybridized carbons (Fsp3) is 0.400. The van der Waals surface area contributed by atoms with Gasteiger partial charge in [-0.1, -0.05) is 0 Å². The molecular formula is C15H16N4O6. The number of imidazole rings is 1. The van der Waals surface area contributed by atoms with Crippen molar-refractivity contribution in [2.75, 3.05) is 0 Å². The van der Waals surface area contributed by atoms with Crippen molar-refractivity contribution in [3.05, 3.63) is 27.2 Å². The van der Waals surface area contributed by atoms with Crippen molar-refractivity contribution in [3.8, 4) is 0 Å². The highest BCUT2D eigenvalue weighted by Gasteiger charge is 2.50. The van der Waals surface area contributed by atoms with Gasteiger partial charge in [-0.2, -0.15) is 0 Å². The second kappa shape index (κ2) is 6.04. The van der Waals surface area contributed by atoms with Gasteiger partial charge in [0.05, 0.1) is 12.9 Å². The maximum atomic E-state index is 12.9. The predicted molar refractivity (Wildman–Crippen MR) is 85.3 cm³/mol. The van der Waals surface area contributed by atoms with E-state index in [9.17, 15) is 28.8 Å². The van der Waals surface area contributed by atoms with Crippen molar-refractivity contribution < 1.29 is 19.2 Å². The minimum atomic E-state index is -2.59. The molecule has 0 radical (unpaired) electrons. The molecule has 0 amide bonds. The number of ketones is 4. The lowest BCUT2D eigenvalue weighted by atomic mass is 9.86. The van der Waals surface area contributed by atoms with Gasteiger partial charge in [0.25, 0.3) is 5.56 Å². The molecule has 0 atom stereocenters. The molecule has 1 N–H and O–H groups in total. The molecule has 2 aromatic heterocycles. The van der Waals surface area contributed by atoms with Gasteiger partial charge in [0.1, 0.15) is 11.3 Å². The number of hydrogen-bond acceptors (Lipinski definition) is 7. The van der Waals surface area contributed by atoms with E-state index in [0.29, 0.717) is 4.57 Å². The van der Waals surface area contributed by atoms with E-state index >= 15 is 0 Å². The Morgan fingerprint density at radius 2 is 1.56 bits per heavy atom. The fourth-order valence-electron chi connectivity index (χ4n) is 2.94. The molecule has 0 aliphatic rings. The van der Waals surface area contributed by atoms with Crippen LogP contribution < -0.4 is 11.2 Å². The monoisotopic (exact) mass is 348 g/mol. The third-order valence-corrected chi connectivity index (χ3v) is 3.96. The summed E-state index contributed by atoms with van der Waals surface area (Å²) < 4.78 is 1.16. The van der Waals surface area contributed by atoms with Crippen LogP contribution >= 0.6 is 0 Å². The van der Waals surface area contributed by atoms with E-state index in [1.54, 1.807) is 0 Å². The average Bonchev–Trinajstić information content (AvgIpc) is 2.95. The largest absolute Gasteiger partial charge is 0.339 e. The van der Waals surface area contributed by atoms with Crippen LogP contribution in [-0.2, 0) is 31.3 Å². The molecule has 2 heterocycles. The van der Waals surface area contributed by atoms with Crippen LogP contribution in [0.3, 0.4) is 0 Å². The van der Waals surface area contributed by atoms with Crippen LogP contribution in [0.2, 0.25) is 0 Å². The van der Waals surface area contributed by atoms with Crippen molar-refractivity contribution in [1.29, 1.82) is 0 Å². The molecule has 0 aliphatic heterocycles. The molecule has 0 aromatic carbocycles. The van der Waals surface area contributed by atoms with Crippen LogP contribution in [0.4, 0.5) is 0 Å². The number of Topliss-reactive ketones (excluding diaryl/α,β-unsaturated/α-hetero) is 4. The van der Waals surface area contributed by atoms with Gasteiger partial charge in [0, 0.05) is 0 Å². The van der Waals surface area contributed by atoms with E-state index in [0.717, 1.165) is 31.7 Å². The number of hydrogen-bond donors (Lipinski definition) is 1. The molecule has 0 spiro atoms. The first-order valence-corrected chi connectivity index (χ1v) is 7.28. The summed E-state index contributed by atoms with van der Waals surface area (Å²) in [5, 5.41) is 0. The summed E-state index contributed by atoms with van der Waals surface area (Å²) in [5.74, 6) is -3.34. The standard InChI is InChI=1S/C15H16N4O6/c1-7(20)5-18-12-11(16-6-17-12)13(24)19(14(18)25)15(8(2)21,9(3)22)10(4)23/h6H,5H2,1-4H3,(H,16,17). The minimum Gasteiger partial charge on any atom is -0.339 e. The maximum absolute atomic E-state index is 12.9. The number of aromatic nitrogens is 4. The molecule has 0 unspecified atom stereocenters. The fourth-order valence-corrected chi connectivity index (χ4v) is 2.94. The first-order chi connectivity index (χ1) is 11.6. The lowest BCUT2D eigenvalue weighted by Gasteiger charge is -2.27. The van der Waals surface area contributed by atoms with E-state index in [2.05, 4.69) is 9.97 Å². The Kier molecular flexibility index (Phi) is 4.39. The van der Waals surface area contributed by atoms with Crippen molar-refractivity contribution >= 4 is 34.3 Å². The van der Waals surface area contributed by atoms with Gasteiger partial charge < -0.3 is 4.98 Å². The van der Waals surface area contributed by atoms with Crippen molar-refractivity contribution in [2.24, 2.45) is 0 Å². The zero-order valence-electron chi connectivity index (χ0n) is 14.1. The highest BCUT2D eigenvalue weighted by atomic mass is 16.2. The number of carbonyl (C=O) groups is 4. The third-order valence-electron chi connectivity index (χ3n) is 3.96. The lowest BCUT2D eigenvalue weighted by Crippen LogP contribution is -2.62. The van der Waals surface area contributed by atoms with Crippen LogP contribution in [0.25, 0.3) is 11.2 Å². The van der Waals surface area contributed by atoms with Gasteiger partial charge in [-0.3, -0.25) is 28.5 Å². The SMILES string of the molecule is CC(=O)Cn1c(=O)n(C(C(C)=O)(C(C)=O)C(C)=O)c(=O)c2[nH]cnc21. The van der Waals surface area contributed by atoms with Gasteiger partial charge >= 0.3 is 5.69 Å². The van der Waals surface area contributed by atoms with E-state index in [1.165, 1.54) is 6.92 Å². The molecule has 10 nitrogen and oxygen atoms in total. The molecule has 25 heavy (non-hydrogen) atoms. The van der Waals surface area contributed by atoms with Crippen LogP contribution in [0.5, 0.6) is 0 Å². The molecule has 10 heteroatoms. The first kappa shape index (κ1) is 18.2. The number of aromatic amines is 1.